The lowest BCUT2D eigenvalue weighted by molar-refractivity contribution is -0.140. The van der Waals surface area contributed by atoms with Crippen LogP contribution in [0.25, 0.3) is 0 Å². The SMILES string of the molecule is CCCCCCCCCCCC(=O)NC(CC(C)C)C(=O)NCCCCCC(=O)OC. The lowest BCUT2D eigenvalue weighted by Crippen LogP contribution is -2.47. The third-order valence-corrected chi connectivity index (χ3v) is 5.45. The van der Waals surface area contributed by atoms with Crippen LogP contribution >= 0.6 is 0 Å². The second-order valence-corrected chi connectivity index (χ2v) is 9.01. The van der Waals surface area contributed by atoms with Gasteiger partial charge in [0, 0.05) is 19.4 Å². The summed E-state index contributed by atoms with van der Waals surface area (Å²) in [4.78, 5) is 35.9. The number of methoxy groups -OCH3 is 1. The fourth-order valence-corrected chi connectivity index (χ4v) is 3.57. The van der Waals surface area contributed by atoms with Crippen LogP contribution < -0.4 is 10.6 Å². The number of rotatable bonds is 20. The highest BCUT2D eigenvalue weighted by molar-refractivity contribution is 5.87. The molecular weight excluding hydrogens is 392 g/mol. The van der Waals surface area contributed by atoms with Crippen LogP contribution in [0.5, 0.6) is 0 Å². The Kier molecular flexibility index (Phi) is 19.3. The number of unbranched alkanes of at least 4 members (excludes halogenated alkanes) is 10. The predicted molar refractivity (Wildman–Crippen MR) is 127 cm³/mol. The highest BCUT2D eigenvalue weighted by Gasteiger charge is 2.21. The average molecular weight is 441 g/mol. The third kappa shape index (κ3) is 18.9. The van der Waals surface area contributed by atoms with Gasteiger partial charge in [-0.1, -0.05) is 78.6 Å². The Bertz CT molecular complexity index is 480. The van der Waals surface area contributed by atoms with Crippen molar-refractivity contribution in [3.8, 4) is 0 Å². The van der Waals surface area contributed by atoms with Gasteiger partial charge in [-0.2, -0.15) is 0 Å². The lowest BCUT2D eigenvalue weighted by atomic mass is 10.0. The molecule has 0 aromatic heterocycles. The molecule has 0 rings (SSSR count). The van der Waals surface area contributed by atoms with Gasteiger partial charge in [-0.05, 0) is 31.6 Å². The van der Waals surface area contributed by atoms with Gasteiger partial charge in [-0.25, -0.2) is 0 Å². The minimum absolute atomic E-state index is 0.0261. The second-order valence-electron chi connectivity index (χ2n) is 9.01. The molecule has 6 nitrogen and oxygen atoms in total. The van der Waals surface area contributed by atoms with Crippen molar-refractivity contribution in [1.82, 2.24) is 10.6 Å². The summed E-state index contributed by atoms with van der Waals surface area (Å²) in [6.45, 7) is 6.90. The van der Waals surface area contributed by atoms with Crippen molar-refractivity contribution in [1.29, 1.82) is 0 Å². The zero-order chi connectivity index (χ0) is 23.3. The highest BCUT2D eigenvalue weighted by atomic mass is 16.5. The average Bonchev–Trinajstić information content (AvgIpc) is 2.73. The molecule has 1 atom stereocenters. The fourth-order valence-electron chi connectivity index (χ4n) is 3.57. The van der Waals surface area contributed by atoms with Crippen molar-refractivity contribution in [3.63, 3.8) is 0 Å². The number of carbonyl (C=O) groups is 3. The summed E-state index contributed by atoms with van der Waals surface area (Å²) in [7, 11) is 1.39. The van der Waals surface area contributed by atoms with E-state index in [1.807, 2.05) is 0 Å². The van der Waals surface area contributed by atoms with E-state index in [1.54, 1.807) is 0 Å². The number of hydrogen-bond acceptors (Lipinski definition) is 4. The number of amides is 2. The van der Waals surface area contributed by atoms with E-state index in [2.05, 4.69) is 36.1 Å². The number of nitrogens with one attached hydrogen (secondary N) is 2. The summed E-state index contributed by atoms with van der Waals surface area (Å²) in [6.07, 6.45) is 14.9. The quantitative estimate of drug-likeness (QED) is 0.199. The van der Waals surface area contributed by atoms with Crippen molar-refractivity contribution in [2.75, 3.05) is 13.7 Å². The van der Waals surface area contributed by atoms with Crippen molar-refractivity contribution in [3.05, 3.63) is 0 Å². The number of ether oxygens (including phenoxy) is 1. The molecule has 0 aliphatic rings. The van der Waals surface area contributed by atoms with Gasteiger partial charge in [0.25, 0.3) is 0 Å². The summed E-state index contributed by atoms with van der Waals surface area (Å²) in [5.41, 5.74) is 0. The largest absolute Gasteiger partial charge is 0.469 e. The first kappa shape index (κ1) is 29.4. The van der Waals surface area contributed by atoms with Crippen LogP contribution in [0.3, 0.4) is 0 Å². The Morgan fingerprint density at radius 1 is 0.774 bits per heavy atom. The zero-order valence-electron chi connectivity index (χ0n) is 20.6. The van der Waals surface area contributed by atoms with Crippen molar-refractivity contribution >= 4 is 17.8 Å². The molecule has 0 heterocycles. The van der Waals surface area contributed by atoms with Crippen LogP contribution in [0.4, 0.5) is 0 Å². The van der Waals surface area contributed by atoms with E-state index in [1.165, 1.54) is 52.1 Å². The van der Waals surface area contributed by atoms with Crippen LogP contribution in [0.15, 0.2) is 0 Å². The first-order chi connectivity index (χ1) is 14.9. The molecule has 182 valence electrons. The van der Waals surface area contributed by atoms with E-state index >= 15 is 0 Å². The Morgan fingerprint density at radius 3 is 1.90 bits per heavy atom. The maximum atomic E-state index is 12.5. The summed E-state index contributed by atoms with van der Waals surface area (Å²) < 4.78 is 4.62. The van der Waals surface area contributed by atoms with Gasteiger partial charge >= 0.3 is 5.97 Å². The molecule has 0 fully saturated rings. The molecule has 0 saturated heterocycles. The topological polar surface area (TPSA) is 84.5 Å². The van der Waals surface area contributed by atoms with Crippen LogP contribution in [0.1, 0.15) is 117 Å². The van der Waals surface area contributed by atoms with Crippen molar-refractivity contribution < 1.29 is 19.1 Å². The Balaban J connectivity index is 4.01. The van der Waals surface area contributed by atoms with Gasteiger partial charge in [0.15, 0.2) is 0 Å². The van der Waals surface area contributed by atoms with Gasteiger partial charge < -0.3 is 15.4 Å². The molecule has 2 amide bonds. The predicted octanol–water partition coefficient (Wildman–Crippen LogP) is 5.29. The molecule has 0 spiro atoms. The monoisotopic (exact) mass is 440 g/mol. The van der Waals surface area contributed by atoms with Gasteiger partial charge in [0.05, 0.1) is 7.11 Å². The Labute approximate surface area is 190 Å². The van der Waals surface area contributed by atoms with Gasteiger partial charge in [0.2, 0.25) is 11.8 Å². The van der Waals surface area contributed by atoms with Gasteiger partial charge in [-0.15, -0.1) is 0 Å². The number of hydrogen-bond donors (Lipinski definition) is 2. The molecule has 0 aromatic rings. The molecule has 0 aromatic carbocycles. The minimum Gasteiger partial charge on any atom is -0.469 e. The highest BCUT2D eigenvalue weighted by Crippen LogP contribution is 2.11. The fraction of sp³-hybridized carbons (Fsp3) is 0.880. The van der Waals surface area contributed by atoms with Crippen LogP contribution in [-0.2, 0) is 19.1 Å². The Morgan fingerprint density at radius 2 is 1.32 bits per heavy atom. The molecule has 1 unspecified atom stereocenters. The first-order valence-corrected chi connectivity index (χ1v) is 12.5. The van der Waals surface area contributed by atoms with E-state index in [4.69, 9.17) is 0 Å². The summed E-state index contributed by atoms with van der Waals surface area (Å²) in [5, 5.41) is 5.87. The second kappa shape index (κ2) is 20.3. The molecule has 0 radical (unpaired) electrons. The summed E-state index contributed by atoms with van der Waals surface area (Å²) in [5.74, 6) is -0.0107. The molecule has 0 aliphatic carbocycles. The van der Waals surface area contributed by atoms with Crippen molar-refractivity contribution in [2.45, 2.75) is 123 Å². The van der Waals surface area contributed by atoms with Gasteiger partial charge in [-0.3, -0.25) is 14.4 Å². The maximum absolute atomic E-state index is 12.5. The number of esters is 1. The summed E-state index contributed by atoms with van der Waals surface area (Å²) >= 11 is 0. The third-order valence-electron chi connectivity index (χ3n) is 5.45. The maximum Gasteiger partial charge on any atom is 0.305 e. The zero-order valence-corrected chi connectivity index (χ0v) is 20.6. The normalized spacial score (nSPS) is 11.9. The van der Waals surface area contributed by atoms with E-state index in [0.29, 0.717) is 31.7 Å². The first-order valence-electron chi connectivity index (χ1n) is 12.5. The van der Waals surface area contributed by atoms with Gasteiger partial charge in [0.1, 0.15) is 6.04 Å². The molecule has 0 aliphatic heterocycles. The minimum atomic E-state index is -0.471. The molecule has 0 bridgehead atoms. The van der Waals surface area contributed by atoms with E-state index in [-0.39, 0.29) is 17.8 Å². The van der Waals surface area contributed by atoms with Crippen LogP contribution in [0, 0.1) is 5.92 Å². The molecule has 6 heteroatoms. The molecular formula is C25H48N2O4. The molecule has 0 saturated carbocycles. The van der Waals surface area contributed by atoms with Crippen LogP contribution in [-0.4, -0.2) is 37.5 Å². The lowest BCUT2D eigenvalue weighted by Gasteiger charge is -2.20. The smallest absolute Gasteiger partial charge is 0.305 e. The van der Waals surface area contributed by atoms with Crippen LogP contribution in [0.2, 0.25) is 0 Å². The molecule has 31 heavy (non-hydrogen) atoms. The molecule has 2 N–H and O–H groups in total. The van der Waals surface area contributed by atoms with E-state index in [0.717, 1.165) is 32.1 Å². The number of carbonyl (C=O) groups excluding carboxylic acids is 3. The van der Waals surface area contributed by atoms with E-state index < -0.39 is 6.04 Å². The Hall–Kier alpha value is -1.59. The standard InChI is InChI=1S/C25H48N2O4/c1-5-6-7-8-9-10-11-12-14-17-23(28)27-22(20-21(2)3)25(30)26-19-16-13-15-18-24(29)31-4/h21-22H,5-20H2,1-4H3,(H,26,30)(H,27,28). The van der Waals surface area contributed by atoms with Crippen molar-refractivity contribution in [2.24, 2.45) is 5.92 Å². The van der Waals surface area contributed by atoms with E-state index in [9.17, 15) is 14.4 Å². The summed E-state index contributed by atoms with van der Waals surface area (Å²) in [6, 6.07) is -0.471.